The Bertz CT molecular complexity index is 542. The van der Waals surface area contributed by atoms with Gasteiger partial charge in [0.15, 0.2) is 5.96 Å². The van der Waals surface area contributed by atoms with Crippen molar-refractivity contribution in [2.75, 3.05) is 19.6 Å². The average molecular weight is 433 g/mol. The van der Waals surface area contributed by atoms with Crippen LogP contribution in [0.3, 0.4) is 0 Å². The summed E-state index contributed by atoms with van der Waals surface area (Å²) in [6, 6.07) is 5.40. The van der Waals surface area contributed by atoms with E-state index >= 15 is 0 Å². The van der Waals surface area contributed by atoms with Gasteiger partial charge in [0.05, 0.1) is 12.8 Å². The fourth-order valence-electron chi connectivity index (χ4n) is 1.97. The molecule has 0 saturated heterocycles. The molecule has 7 nitrogen and oxygen atoms in total. The van der Waals surface area contributed by atoms with Crippen LogP contribution in [0, 0.1) is 0 Å². The zero-order valence-electron chi connectivity index (χ0n) is 13.2. The molecule has 0 radical (unpaired) electrons. The second kappa shape index (κ2) is 11.1. The Labute approximate surface area is 153 Å². The SMILES string of the molecule is CCNC(=NCC(O)c1ccco1)NCCCn1cccn1.I. The zero-order chi connectivity index (χ0) is 15.6. The number of rotatable bonds is 8. The molecule has 0 saturated carbocycles. The standard InChI is InChI=1S/C15H23N5O2.HI/c1-2-16-15(17-7-4-9-20-10-5-8-19-20)18-12-13(21)14-6-3-11-22-14;/h3,5-6,8,10-11,13,21H,2,4,7,9,12H2,1H3,(H2,16,17,18);1H. The summed E-state index contributed by atoms with van der Waals surface area (Å²) in [6.07, 6.45) is 5.47. The average Bonchev–Trinajstić information content (AvgIpc) is 3.21. The first-order chi connectivity index (χ1) is 10.8. The zero-order valence-corrected chi connectivity index (χ0v) is 15.5. The van der Waals surface area contributed by atoms with E-state index in [2.05, 4.69) is 20.7 Å². The van der Waals surface area contributed by atoms with Crippen LogP contribution in [0.5, 0.6) is 0 Å². The van der Waals surface area contributed by atoms with E-state index in [1.807, 2.05) is 23.9 Å². The summed E-state index contributed by atoms with van der Waals surface area (Å²) in [6.45, 7) is 4.66. The minimum Gasteiger partial charge on any atom is -0.467 e. The summed E-state index contributed by atoms with van der Waals surface area (Å²) < 4.78 is 7.05. The molecule has 1 atom stereocenters. The number of halogens is 1. The summed E-state index contributed by atoms with van der Waals surface area (Å²) in [7, 11) is 0. The first-order valence-corrected chi connectivity index (χ1v) is 7.50. The van der Waals surface area contributed by atoms with Crippen molar-refractivity contribution >= 4 is 29.9 Å². The Morgan fingerprint density at radius 2 is 2.30 bits per heavy atom. The number of hydrogen-bond acceptors (Lipinski definition) is 4. The Morgan fingerprint density at radius 3 is 2.96 bits per heavy atom. The van der Waals surface area contributed by atoms with E-state index in [1.165, 1.54) is 0 Å². The molecule has 1 unspecified atom stereocenters. The minimum atomic E-state index is -0.727. The lowest BCUT2D eigenvalue weighted by Crippen LogP contribution is -2.38. The van der Waals surface area contributed by atoms with Crippen molar-refractivity contribution in [2.24, 2.45) is 4.99 Å². The van der Waals surface area contributed by atoms with E-state index in [0.717, 1.165) is 26.1 Å². The van der Waals surface area contributed by atoms with Crippen LogP contribution in [0.4, 0.5) is 0 Å². The number of nitrogens with zero attached hydrogens (tertiary/aromatic N) is 3. The number of nitrogens with one attached hydrogen (secondary N) is 2. The van der Waals surface area contributed by atoms with Crippen molar-refractivity contribution in [1.82, 2.24) is 20.4 Å². The normalized spacial score (nSPS) is 12.5. The van der Waals surface area contributed by atoms with Crippen LogP contribution in [-0.4, -0.2) is 40.5 Å². The van der Waals surface area contributed by atoms with Crippen LogP contribution in [-0.2, 0) is 6.54 Å². The molecule has 2 aromatic heterocycles. The molecule has 0 bridgehead atoms. The van der Waals surface area contributed by atoms with Crippen molar-refractivity contribution in [1.29, 1.82) is 0 Å². The fraction of sp³-hybridized carbons (Fsp3) is 0.467. The number of hydrogen-bond donors (Lipinski definition) is 3. The summed E-state index contributed by atoms with van der Waals surface area (Å²) in [4.78, 5) is 4.37. The predicted octanol–water partition coefficient (Wildman–Crippen LogP) is 1.77. The van der Waals surface area contributed by atoms with Gasteiger partial charge in [-0.15, -0.1) is 24.0 Å². The maximum atomic E-state index is 9.96. The maximum Gasteiger partial charge on any atom is 0.191 e. The molecule has 0 spiro atoms. The first kappa shape index (κ1) is 19.5. The number of aliphatic imine (C=N–C) groups is 1. The summed E-state index contributed by atoms with van der Waals surface area (Å²) in [5.74, 6) is 1.21. The quantitative estimate of drug-likeness (QED) is 0.256. The van der Waals surface area contributed by atoms with Crippen LogP contribution in [0.2, 0.25) is 0 Å². The van der Waals surface area contributed by atoms with Crippen LogP contribution in [0.25, 0.3) is 0 Å². The van der Waals surface area contributed by atoms with Gasteiger partial charge in [-0.1, -0.05) is 0 Å². The van der Waals surface area contributed by atoms with Gasteiger partial charge < -0.3 is 20.2 Å². The number of aromatic nitrogens is 2. The van der Waals surface area contributed by atoms with Gasteiger partial charge in [-0.2, -0.15) is 5.10 Å². The van der Waals surface area contributed by atoms with Crippen molar-refractivity contribution in [3.05, 3.63) is 42.6 Å². The second-order valence-electron chi connectivity index (χ2n) is 4.80. The predicted molar refractivity (Wildman–Crippen MR) is 99.9 cm³/mol. The van der Waals surface area contributed by atoms with Crippen molar-refractivity contribution in [3.8, 4) is 0 Å². The van der Waals surface area contributed by atoms with Gasteiger partial charge in [0, 0.05) is 32.0 Å². The molecule has 2 rings (SSSR count). The Kier molecular flexibility index (Phi) is 9.37. The van der Waals surface area contributed by atoms with Gasteiger partial charge in [0.25, 0.3) is 0 Å². The molecule has 2 aromatic rings. The molecule has 23 heavy (non-hydrogen) atoms. The van der Waals surface area contributed by atoms with Crippen molar-refractivity contribution < 1.29 is 9.52 Å². The molecule has 0 aliphatic rings. The summed E-state index contributed by atoms with van der Waals surface area (Å²) >= 11 is 0. The monoisotopic (exact) mass is 433 g/mol. The number of aryl methyl sites for hydroxylation is 1. The smallest absolute Gasteiger partial charge is 0.191 e. The highest BCUT2D eigenvalue weighted by Crippen LogP contribution is 2.12. The highest BCUT2D eigenvalue weighted by atomic mass is 127. The number of aliphatic hydroxyl groups is 1. The van der Waals surface area contributed by atoms with Crippen molar-refractivity contribution in [3.63, 3.8) is 0 Å². The van der Waals surface area contributed by atoms with Gasteiger partial charge in [-0.25, -0.2) is 0 Å². The lowest BCUT2D eigenvalue weighted by Gasteiger charge is -2.12. The molecular weight excluding hydrogens is 409 g/mol. The van der Waals surface area contributed by atoms with Gasteiger partial charge in [0.2, 0.25) is 0 Å². The molecule has 0 aromatic carbocycles. The molecule has 128 valence electrons. The topological polar surface area (TPSA) is 87.6 Å². The lowest BCUT2D eigenvalue weighted by atomic mass is 10.3. The number of furan rings is 1. The minimum absolute atomic E-state index is 0. The van der Waals surface area contributed by atoms with E-state index < -0.39 is 6.10 Å². The molecule has 8 heteroatoms. The molecule has 0 amide bonds. The van der Waals surface area contributed by atoms with Gasteiger partial charge in [-0.05, 0) is 31.5 Å². The second-order valence-corrected chi connectivity index (χ2v) is 4.80. The van der Waals surface area contributed by atoms with E-state index in [-0.39, 0.29) is 30.5 Å². The van der Waals surface area contributed by atoms with Crippen LogP contribution >= 0.6 is 24.0 Å². The van der Waals surface area contributed by atoms with E-state index in [9.17, 15) is 5.11 Å². The van der Waals surface area contributed by atoms with E-state index in [4.69, 9.17) is 4.42 Å². The third kappa shape index (κ3) is 7.04. The summed E-state index contributed by atoms with van der Waals surface area (Å²) in [5.41, 5.74) is 0. The first-order valence-electron chi connectivity index (χ1n) is 7.50. The third-order valence-electron chi connectivity index (χ3n) is 3.05. The van der Waals surface area contributed by atoms with E-state index in [0.29, 0.717) is 11.7 Å². The number of guanidine groups is 1. The molecule has 0 aliphatic carbocycles. The van der Waals surface area contributed by atoms with E-state index in [1.54, 1.807) is 24.6 Å². The van der Waals surface area contributed by atoms with Gasteiger partial charge in [0.1, 0.15) is 11.9 Å². The third-order valence-corrected chi connectivity index (χ3v) is 3.05. The van der Waals surface area contributed by atoms with Crippen LogP contribution < -0.4 is 10.6 Å². The van der Waals surface area contributed by atoms with Crippen LogP contribution in [0.1, 0.15) is 25.2 Å². The largest absolute Gasteiger partial charge is 0.467 e. The highest BCUT2D eigenvalue weighted by molar-refractivity contribution is 14.0. The molecule has 0 aliphatic heterocycles. The molecule has 3 N–H and O–H groups in total. The van der Waals surface area contributed by atoms with Crippen molar-refractivity contribution in [2.45, 2.75) is 26.0 Å². The lowest BCUT2D eigenvalue weighted by molar-refractivity contribution is 0.158. The molecule has 2 heterocycles. The van der Waals surface area contributed by atoms with Crippen LogP contribution in [0.15, 0.2) is 46.3 Å². The number of aliphatic hydroxyl groups excluding tert-OH is 1. The Morgan fingerprint density at radius 1 is 1.43 bits per heavy atom. The Balaban J connectivity index is 0.00000264. The Hall–Kier alpha value is -1.55. The maximum absolute atomic E-state index is 9.96. The molecular formula is C15H24IN5O2. The van der Waals surface area contributed by atoms with Gasteiger partial charge in [-0.3, -0.25) is 9.67 Å². The highest BCUT2D eigenvalue weighted by Gasteiger charge is 2.09. The summed E-state index contributed by atoms with van der Waals surface area (Å²) in [5, 5.41) is 20.5. The fourth-order valence-corrected chi connectivity index (χ4v) is 1.97. The molecule has 0 fully saturated rings. The van der Waals surface area contributed by atoms with Gasteiger partial charge >= 0.3 is 0 Å².